The molecule has 0 aliphatic rings. The number of unbranched alkanes of at least 4 members (excludes halogenated alkanes) is 14. The normalized spacial score (nSPS) is 11.2. The largest absolute Gasteiger partial charge is 0.466 e. The Morgan fingerprint density at radius 1 is 0.500 bits per heavy atom. The van der Waals surface area contributed by atoms with Gasteiger partial charge in [0.25, 0.3) is 0 Å². The maximum Gasteiger partial charge on any atom is 0.306 e. The number of ether oxygens (including phenoxy) is 2. The van der Waals surface area contributed by atoms with Crippen LogP contribution in [-0.4, -0.2) is 25.2 Å². The van der Waals surface area contributed by atoms with Gasteiger partial charge in [-0.3, -0.25) is 9.59 Å². The first-order valence-electron chi connectivity index (χ1n) is 13.7. The highest BCUT2D eigenvalue weighted by Crippen LogP contribution is 2.13. The van der Waals surface area contributed by atoms with Gasteiger partial charge in [0.05, 0.1) is 13.2 Å². The lowest BCUT2D eigenvalue weighted by molar-refractivity contribution is -0.144. The molecule has 0 spiro atoms. The van der Waals surface area contributed by atoms with Gasteiger partial charge in [-0.15, -0.1) is 0 Å². The van der Waals surface area contributed by atoms with Gasteiger partial charge in [0.2, 0.25) is 0 Å². The van der Waals surface area contributed by atoms with Crippen molar-refractivity contribution in [3.63, 3.8) is 0 Å². The van der Waals surface area contributed by atoms with Gasteiger partial charge in [0.1, 0.15) is 0 Å². The Bertz CT molecular complexity index is 445. The van der Waals surface area contributed by atoms with Crippen LogP contribution in [0.5, 0.6) is 0 Å². The molecule has 4 heteroatoms. The summed E-state index contributed by atoms with van der Waals surface area (Å²) < 4.78 is 10.3. The standard InChI is InChI=1S/C28H52O4/c1-3-5-25-31-27(29)23-21-19-17-15-13-11-9-7-8-10-12-14-16-18-20-22-24-28(30)32-26-6-4-2/h17,19H,3-16,18,20-26H2,1-2H3/b19-17+. The second kappa shape index (κ2) is 25.9. The average Bonchev–Trinajstić information content (AvgIpc) is 2.78. The van der Waals surface area contributed by atoms with Crippen LogP contribution in [0, 0.1) is 0 Å². The fourth-order valence-electron chi connectivity index (χ4n) is 3.54. The van der Waals surface area contributed by atoms with E-state index in [1.807, 2.05) is 0 Å². The monoisotopic (exact) mass is 452 g/mol. The summed E-state index contributed by atoms with van der Waals surface area (Å²) in [6, 6.07) is 0. The van der Waals surface area contributed by atoms with Crippen LogP contribution in [-0.2, 0) is 19.1 Å². The Kier molecular flexibility index (Phi) is 24.9. The SMILES string of the molecule is CCCCOC(=O)CC/C=C/CCCCCCCCCCCCCCC(=O)OCCCC. The molecule has 0 N–H and O–H groups in total. The first-order valence-corrected chi connectivity index (χ1v) is 13.7. The van der Waals surface area contributed by atoms with Crippen LogP contribution in [0.15, 0.2) is 12.2 Å². The minimum atomic E-state index is -0.0668. The van der Waals surface area contributed by atoms with Crippen LogP contribution in [0.1, 0.15) is 142 Å². The molecule has 0 aromatic heterocycles. The van der Waals surface area contributed by atoms with Gasteiger partial charge in [-0.05, 0) is 38.5 Å². The molecule has 0 aromatic carbocycles. The Hall–Kier alpha value is -1.32. The minimum absolute atomic E-state index is 0.0192. The van der Waals surface area contributed by atoms with Gasteiger partial charge in [0, 0.05) is 12.8 Å². The van der Waals surface area contributed by atoms with Crippen molar-refractivity contribution in [2.75, 3.05) is 13.2 Å². The Morgan fingerprint density at radius 3 is 1.41 bits per heavy atom. The van der Waals surface area contributed by atoms with E-state index >= 15 is 0 Å². The van der Waals surface area contributed by atoms with Crippen molar-refractivity contribution in [2.45, 2.75) is 142 Å². The number of hydrogen-bond acceptors (Lipinski definition) is 4. The van der Waals surface area contributed by atoms with Gasteiger partial charge in [-0.1, -0.05) is 103 Å². The summed E-state index contributed by atoms with van der Waals surface area (Å²) >= 11 is 0. The fourth-order valence-corrected chi connectivity index (χ4v) is 3.54. The molecule has 0 rings (SSSR count). The maximum absolute atomic E-state index is 11.5. The summed E-state index contributed by atoms with van der Waals surface area (Å²) in [6.07, 6.45) is 26.8. The van der Waals surface area contributed by atoms with Crippen LogP contribution in [0.3, 0.4) is 0 Å². The van der Waals surface area contributed by atoms with Crippen molar-refractivity contribution >= 4 is 11.9 Å². The molecule has 0 aliphatic carbocycles. The highest BCUT2D eigenvalue weighted by Gasteiger charge is 2.02. The predicted molar refractivity (Wildman–Crippen MR) is 135 cm³/mol. The van der Waals surface area contributed by atoms with Gasteiger partial charge < -0.3 is 9.47 Å². The summed E-state index contributed by atoms with van der Waals surface area (Å²) in [7, 11) is 0. The van der Waals surface area contributed by atoms with E-state index in [1.54, 1.807) is 0 Å². The number of carbonyl (C=O) groups excluding carboxylic acids is 2. The van der Waals surface area contributed by atoms with Crippen molar-refractivity contribution in [1.29, 1.82) is 0 Å². The quantitative estimate of drug-likeness (QED) is 0.0837. The molecular formula is C28H52O4. The van der Waals surface area contributed by atoms with Crippen LogP contribution in [0.4, 0.5) is 0 Å². The molecule has 4 nitrogen and oxygen atoms in total. The lowest BCUT2D eigenvalue weighted by atomic mass is 10.0. The summed E-state index contributed by atoms with van der Waals surface area (Å²) in [4.78, 5) is 23.0. The summed E-state index contributed by atoms with van der Waals surface area (Å²) in [6.45, 7) is 5.36. The number of rotatable bonds is 24. The third kappa shape index (κ3) is 24.9. The van der Waals surface area contributed by atoms with E-state index in [0.717, 1.165) is 51.4 Å². The molecule has 0 fully saturated rings. The molecule has 0 radical (unpaired) electrons. The van der Waals surface area contributed by atoms with E-state index in [4.69, 9.17) is 9.47 Å². The molecule has 0 amide bonds. The Balaban J connectivity index is 3.20. The van der Waals surface area contributed by atoms with Crippen LogP contribution >= 0.6 is 0 Å². The van der Waals surface area contributed by atoms with Gasteiger partial charge >= 0.3 is 11.9 Å². The second-order valence-corrected chi connectivity index (χ2v) is 8.94. The first-order chi connectivity index (χ1) is 15.7. The van der Waals surface area contributed by atoms with Gasteiger partial charge in [-0.2, -0.15) is 0 Å². The number of allylic oxidation sites excluding steroid dienone is 2. The summed E-state index contributed by atoms with van der Waals surface area (Å²) in [5.74, 6) is -0.0860. The van der Waals surface area contributed by atoms with E-state index in [9.17, 15) is 9.59 Å². The highest BCUT2D eigenvalue weighted by atomic mass is 16.5. The van der Waals surface area contributed by atoms with Crippen molar-refractivity contribution < 1.29 is 19.1 Å². The smallest absolute Gasteiger partial charge is 0.306 e. The van der Waals surface area contributed by atoms with Crippen LogP contribution in [0.25, 0.3) is 0 Å². The lowest BCUT2D eigenvalue weighted by Crippen LogP contribution is -2.05. The molecule has 0 heterocycles. The number of carbonyl (C=O) groups is 2. The van der Waals surface area contributed by atoms with Crippen molar-refractivity contribution in [2.24, 2.45) is 0 Å². The van der Waals surface area contributed by atoms with Crippen molar-refractivity contribution in [3.8, 4) is 0 Å². The van der Waals surface area contributed by atoms with E-state index in [1.165, 1.54) is 64.2 Å². The molecule has 0 atom stereocenters. The van der Waals surface area contributed by atoms with Gasteiger partial charge in [0.15, 0.2) is 0 Å². The number of esters is 2. The van der Waals surface area contributed by atoms with Crippen molar-refractivity contribution in [1.82, 2.24) is 0 Å². The first kappa shape index (κ1) is 30.7. The lowest BCUT2D eigenvalue weighted by Gasteiger charge is -2.04. The third-order valence-corrected chi connectivity index (χ3v) is 5.71. The van der Waals surface area contributed by atoms with Gasteiger partial charge in [-0.25, -0.2) is 0 Å². The van der Waals surface area contributed by atoms with E-state index in [-0.39, 0.29) is 11.9 Å². The molecular weight excluding hydrogens is 400 g/mol. The highest BCUT2D eigenvalue weighted by molar-refractivity contribution is 5.69. The summed E-state index contributed by atoms with van der Waals surface area (Å²) in [5, 5.41) is 0. The molecule has 0 aliphatic heterocycles. The fraction of sp³-hybridized carbons (Fsp3) is 0.857. The zero-order valence-corrected chi connectivity index (χ0v) is 21.3. The second-order valence-electron chi connectivity index (χ2n) is 8.94. The van der Waals surface area contributed by atoms with E-state index in [0.29, 0.717) is 26.1 Å². The molecule has 0 aromatic rings. The topological polar surface area (TPSA) is 52.6 Å². The molecule has 32 heavy (non-hydrogen) atoms. The molecule has 0 saturated heterocycles. The van der Waals surface area contributed by atoms with E-state index < -0.39 is 0 Å². The zero-order valence-electron chi connectivity index (χ0n) is 21.3. The molecule has 188 valence electrons. The molecule has 0 unspecified atom stereocenters. The van der Waals surface area contributed by atoms with Crippen molar-refractivity contribution in [3.05, 3.63) is 12.2 Å². The minimum Gasteiger partial charge on any atom is -0.466 e. The number of hydrogen-bond donors (Lipinski definition) is 0. The molecule has 0 saturated carbocycles. The zero-order chi connectivity index (χ0) is 23.5. The predicted octanol–water partition coefficient (Wildman–Crippen LogP) is 8.47. The van der Waals surface area contributed by atoms with Crippen LogP contribution < -0.4 is 0 Å². The Morgan fingerprint density at radius 2 is 0.906 bits per heavy atom. The average molecular weight is 453 g/mol. The third-order valence-electron chi connectivity index (χ3n) is 5.71. The maximum atomic E-state index is 11.5. The molecule has 0 bridgehead atoms. The summed E-state index contributed by atoms with van der Waals surface area (Å²) in [5.41, 5.74) is 0. The Labute approximate surface area is 198 Å². The van der Waals surface area contributed by atoms with Crippen LogP contribution in [0.2, 0.25) is 0 Å². The van der Waals surface area contributed by atoms with E-state index in [2.05, 4.69) is 26.0 Å².